The van der Waals surface area contributed by atoms with Crippen LogP contribution in [0.4, 0.5) is 4.79 Å². The van der Waals surface area contributed by atoms with Gasteiger partial charge < -0.3 is 15.0 Å². The van der Waals surface area contributed by atoms with Gasteiger partial charge in [0.05, 0.1) is 29.8 Å². The highest BCUT2D eigenvalue weighted by molar-refractivity contribution is 5.81. The van der Waals surface area contributed by atoms with E-state index in [1.807, 2.05) is 6.07 Å². The van der Waals surface area contributed by atoms with E-state index in [-0.39, 0.29) is 11.6 Å². The summed E-state index contributed by atoms with van der Waals surface area (Å²) >= 11 is 0. The smallest absolute Gasteiger partial charge is 0.405 e. The lowest BCUT2D eigenvalue weighted by molar-refractivity contribution is 0.189. The fourth-order valence-electron chi connectivity index (χ4n) is 2.27. The van der Waals surface area contributed by atoms with Crippen LogP contribution in [0.5, 0.6) is 0 Å². The van der Waals surface area contributed by atoms with Crippen LogP contribution >= 0.6 is 0 Å². The van der Waals surface area contributed by atoms with Gasteiger partial charge in [-0.2, -0.15) is 0 Å². The first-order valence-electron chi connectivity index (χ1n) is 5.15. The number of hydrogen-bond acceptors (Lipinski definition) is 3. The van der Waals surface area contributed by atoms with Gasteiger partial charge in [-0.1, -0.05) is 12.1 Å². The Balaban J connectivity index is 2.25. The number of rotatable bonds is 1. The number of nitrogens with one attached hydrogen (secondary N) is 1. The van der Waals surface area contributed by atoms with Crippen molar-refractivity contribution in [2.24, 2.45) is 0 Å². The van der Waals surface area contributed by atoms with Crippen LogP contribution in [0.1, 0.15) is 11.6 Å². The second-order valence-electron chi connectivity index (χ2n) is 3.92. The Labute approximate surface area is 95.5 Å². The van der Waals surface area contributed by atoms with Crippen molar-refractivity contribution in [2.75, 3.05) is 0 Å². The van der Waals surface area contributed by atoms with Crippen LogP contribution in [0, 0.1) is 0 Å². The lowest BCUT2D eigenvalue weighted by Crippen LogP contribution is -2.28. The van der Waals surface area contributed by atoms with E-state index in [0.29, 0.717) is 12.1 Å². The van der Waals surface area contributed by atoms with Crippen molar-refractivity contribution in [3.63, 3.8) is 0 Å². The lowest BCUT2D eigenvalue weighted by Gasteiger charge is -2.09. The van der Waals surface area contributed by atoms with Gasteiger partial charge in [-0.3, -0.25) is 4.79 Å². The van der Waals surface area contributed by atoms with Crippen LogP contribution < -0.4 is 10.9 Å². The summed E-state index contributed by atoms with van der Waals surface area (Å²) in [5.74, 6) is 0. The van der Waals surface area contributed by atoms with Crippen molar-refractivity contribution in [2.45, 2.75) is 12.6 Å². The zero-order valence-electron chi connectivity index (χ0n) is 8.75. The number of carboxylic acid groups (broad SMARTS) is 1. The summed E-state index contributed by atoms with van der Waals surface area (Å²) in [6, 6.07) is 5.04. The van der Waals surface area contributed by atoms with Gasteiger partial charge in [0.1, 0.15) is 0 Å². The van der Waals surface area contributed by atoms with E-state index in [1.54, 1.807) is 16.7 Å². The molecular weight excluding hydrogens is 222 g/mol. The molecule has 0 saturated carbocycles. The summed E-state index contributed by atoms with van der Waals surface area (Å²) in [6.07, 6.45) is 0.163. The van der Waals surface area contributed by atoms with Crippen LogP contribution in [0.2, 0.25) is 0 Å². The Kier molecular flexibility index (Phi) is 1.91. The number of para-hydroxylation sites is 1. The molecule has 3 rings (SSSR count). The minimum absolute atomic E-state index is 0.209. The SMILES string of the molecule is O=C(O)NC1Cn2c(=O)cnc3cccc1c32. The molecule has 2 heterocycles. The number of hydrogen-bond donors (Lipinski definition) is 2. The second-order valence-corrected chi connectivity index (χ2v) is 3.92. The average Bonchev–Trinajstić information content (AvgIpc) is 2.65. The summed E-state index contributed by atoms with van der Waals surface area (Å²) in [7, 11) is 0. The van der Waals surface area contributed by atoms with Gasteiger partial charge in [-0.05, 0) is 6.07 Å². The highest BCUT2D eigenvalue weighted by atomic mass is 16.4. The molecule has 1 aliphatic rings. The first-order valence-corrected chi connectivity index (χ1v) is 5.15. The largest absolute Gasteiger partial charge is 0.465 e. The van der Waals surface area contributed by atoms with E-state index < -0.39 is 6.09 Å². The molecule has 0 fully saturated rings. The van der Waals surface area contributed by atoms with Gasteiger partial charge in [0.25, 0.3) is 5.56 Å². The average molecular weight is 231 g/mol. The highest BCUT2D eigenvalue weighted by Crippen LogP contribution is 2.29. The first-order chi connectivity index (χ1) is 8.16. The minimum atomic E-state index is -1.10. The van der Waals surface area contributed by atoms with Crippen LogP contribution in [0.3, 0.4) is 0 Å². The monoisotopic (exact) mass is 231 g/mol. The van der Waals surface area contributed by atoms with Crippen molar-refractivity contribution >= 4 is 17.1 Å². The van der Waals surface area contributed by atoms with Gasteiger partial charge in [-0.15, -0.1) is 0 Å². The zero-order valence-corrected chi connectivity index (χ0v) is 8.75. The minimum Gasteiger partial charge on any atom is -0.465 e. The van der Waals surface area contributed by atoms with E-state index in [2.05, 4.69) is 10.3 Å². The molecule has 17 heavy (non-hydrogen) atoms. The fourth-order valence-corrected chi connectivity index (χ4v) is 2.27. The molecule has 1 aromatic heterocycles. The summed E-state index contributed by atoms with van der Waals surface area (Å²) in [4.78, 5) is 26.4. The van der Waals surface area contributed by atoms with E-state index in [9.17, 15) is 9.59 Å². The molecule has 0 aliphatic carbocycles. The topological polar surface area (TPSA) is 84.2 Å². The molecule has 2 N–H and O–H groups in total. The van der Waals surface area contributed by atoms with E-state index in [0.717, 1.165) is 11.1 Å². The van der Waals surface area contributed by atoms with E-state index in [1.165, 1.54) is 6.20 Å². The summed E-state index contributed by atoms with van der Waals surface area (Å²) in [5.41, 5.74) is 2.02. The maximum absolute atomic E-state index is 11.7. The van der Waals surface area contributed by atoms with E-state index in [4.69, 9.17) is 5.11 Å². The molecule has 1 atom stereocenters. The Morgan fingerprint density at radius 2 is 2.35 bits per heavy atom. The third-order valence-electron chi connectivity index (χ3n) is 2.93. The number of nitrogens with zero attached hydrogens (tertiary/aromatic N) is 2. The molecule has 2 aromatic rings. The zero-order chi connectivity index (χ0) is 12.0. The van der Waals surface area contributed by atoms with Crippen molar-refractivity contribution < 1.29 is 9.90 Å². The molecule has 1 aliphatic heterocycles. The summed E-state index contributed by atoms with van der Waals surface area (Å²) in [5, 5.41) is 11.2. The van der Waals surface area contributed by atoms with Crippen LogP contribution in [0.25, 0.3) is 11.0 Å². The van der Waals surface area contributed by atoms with Gasteiger partial charge in [0.2, 0.25) is 0 Å². The van der Waals surface area contributed by atoms with Gasteiger partial charge in [-0.25, -0.2) is 9.78 Å². The molecule has 1 amide bonds. The molecule has 1 unspecified atom stereocenters. The number of amides is 1. The fraction of sp³-hybridized carbons (Fsp3) is 0.182. The third-order valence-corrected chi connectivity index (χ3v) is 2.93. The molecule has 6 nitrogen and oxygen atoms in total. The van der Waals surface area contributed by atoms with Crippen molar-refractivity contribution in [3.05, 3.63) is 40.3 Å². The molecule has 86 valence electrons. The second kappa shape index (κ2) is 3.31. The van der Waals surface area contributed by atoms with Crippen LogP contribution in [-0.4, -0.2) is 20.8 Å². The predicted molar refractivity (Wildman–Crippen MR) is 59.9 cm³/mol. The van der Waals surface area contributed by atoms with E-state index >= 15 is 0 Å². The summed E-state index contributed by atoms with van der Waals surface area (Å²) in [6.45, 7) is 0.323. The Morgan fingerprint density at radius 3 is 3.12 bits per heavy atom. The molecule has 0 saturated heterocycles. The van der Waals surface area contributed by atoms with Gasteiger partial charge >= 0.3 is 6.09 Å². The van der Waals surface area contributed by atoms with Crippen LogP contribution in [-0.2, 0) is 6.54 Å². The Morgan fingerprint density at radius 1 is 1.53 bits per heavy atom. The Bertz CT molecular complexity index is 677. The third kappa shape index (κ3) is 1.37. The molecule has 0 spiro atoms. The number of benzene rings is 1. The predicted octanol–water partition coefficient (Wildman–Crippen LogP) is 0.719. The first kappa shape index (κ1) is 9.83. The number of carbonyl (C=O) groups is 1. The van der Waals surface area contributed by atoms with Gasteiger partial charge in [0.15, 0.2) is 0 Å². The normalized spacial score (nSPS) is 17.3. The van der Waals surface area contributed by atoms with Crippen molar-refractivity contribution in [1.82, 2.24) is 14.9 Å². The lowest BCUT2D eigenvalue weighted by atomic mass is 10.1. The molecule has 0 radical (unpaired) electrons. The highest BCUT2D eigenvalue weighted by Gasteiger charge is 2.26. The molecular formula is C11H9N3O3. The van der Waals surface area contributed by atoms with Crippen LogP contribution in [0.15, 0.2) is 29.2 Å². The Hall–Kier alpha value is -2.37. The molecule has 6 heteroatoms. The standard InChI is InChI=1S/C11H9N3O3/c15-9-4-12-7-3-1-2-6-8(13-11(16)17)5-14(9)10(6)7/h1-4,8,13H,5H2,(H,16,17). The maximum Gasteiger partial charge on any atom is 0.405 e. The maximum atomic E-state index is 11.7. The number of aromatic nitrogens is 2. The molecule has 1 aromatic carbocycles. The van der Waals surface area contributed by atoms with Gasteiger partial charge in [0, 0.05) is 5.56 Å². The summed E-state index contributed by atoms with van der Waals surface area (Å²) < 4.78 is 1.55. The van der Waals surface area contributed by atoms with Crippen molar-refractivity contribution in [1.29, 1.82) is 0 Å². The quantitative estimate of drug-likeness (QED) is 0.757. The van der Waals surface area contributed by atoms with Crippen molar-refractivity contribution in [3.8, 4) is 0 Å². The molecule has 0 bridgehead atoms.